The molecule has 10 atom stereocenters. The third-order valence-corrected chi connectivity index (χ3v) is 13.1. The quantitative estimate of drug-likeness (QED) is 0.392. The summed E-state index contributed by atoms with van der Waals surface area (Å²) in [6, 6.07) is 1.57. The number of hydrogen-bond acceptors (Lipinski definition) is 10. The van der Waals surface area contributed by atoms with E-state index < -0.39 is 39.7 Å². The Balaban J connectivity index is 1.21. The summed E-state index contributed by atoms with van der Waals surface area (Å²) >= 11 is 0. The fourth-order valence-corrected chi connectivity index (χ4v) is 11.2. The van der Waals surface area contributed by atoms with Gasteiger partial charge in [-0.1, -0.05) is 13.8 Å². The molecule has 240 valence electrons. The number of hydrogen-bond donors (Lipinski definition) is 1. The molecular formula is C33H44N2O9. The molecule has 7 aliphatic rings. The second-order valence-electron chi connectivity index (χ2n) is 15.2. The number of morpholine rings is 1. The van der Waals surface area contributed by atoms with E-state index in [1.165, 1.54) is 0 Å². The van der Waals surface area contributed by atoms with E-state index in [1.807, 2.05) is 6.07 Å². The first kappa shape index (κ1) is 29.0. The lowest BCUT2D eigenvalue weighted by atomic mass is 9.36. The number of nitrogens with zero attached hydrogens (tertiary/aromatic N) is 1. The number of rotatable bonds is 5. The Labute approximate surface area is 257 Å². The zero-order chi connectivity index (χ0) is 30.7. The number of nitrogens with one attached hydrogen (secondary N) is 1. The molecule has 5 aliphatic heterocycles. The average Bonchev–Trinajstić information content (AvgIpc) is 3.48. The topological polar surface area (TPSA) is 129 Å². The van der Waals surface area contributed by atoms with Crippen LogP contribution in [0, 0.1) is 28.1 Å². The van der Waals surface area contributed by atoms with Crippen LogP contribution >= 0.6 is 0 Å². The van der Waals surface area contributed by atoms with Gasteiger partial charge in [-0.05, 0) is 45.1 Å². The van der Waals surface area contributed by atoms with Crippen molar-refractivity contribution in [2.45, 2.75) is 95.4 Å². The van der Waals surface area contributed by atoms with Gasteiger partial charge in [-0.3, -0.25) is 14.5 Å². The highest BCUT2D eigenvalue weighted by Gasteiger charge is 2.89. The summed E-state index contributed by atoms with van der Waals surface area (Å²) in [4.78, 5) is 42.4. The Morgan fingerprint density at radius 3 is 2.61 bits per heavy atom. The second kappa shape index (κ2) is 9.53. The van der Waals surface area contributed by atoms with Gasteiger partial charge in [0.05, 0.1) is 43.9 Å². The van der Waals surface area contributed by atoms with Gasteiger partial charge in [0.2, 0.25) is 5.91 Å². The van der Waals surface area contributed by atoms with Gasteiger partial charge in [0.1, 0.15) is 18.3 Å². The van der Waals surface area contributed by atoms with Gasteiger partial charge in [-0.15, -0.1) is 0 Å². The van der Waals surface area contributed by atoms with Crippen molar-refractivity contribution >= 4 is 17.8 Å². The van der Waals surface area contributed by atoms with E-state index in [4.69, 9.17) is 28.1 Å². The fraction of sp³-hybridized carbons (Fsp3) is 0.788. The van der Waals surface area contributed by atoms with E-state index >= 15 is 0 Å². The van der Waals surface area contributed by atoms with E-state index in [0.717, 1.165) is 31.5 Å². The van der Waals surface area contributed by atoms with Crippen LogP contribution in [0.3, 0.4) is 0 Å². The van der Waals surface area contributed by atoms with E-state index in [2.05, 4.69) is 37.9 Å². The lowest BCUT2D eigenvalue weighted by molar-refractivity contribution is -0.240. The third-order valence-electron chi connectivity index (χ3n) is 13.1. The molecule has 0 radical (unpaired) electrons. The molecule has 44 heavy (non-hydrogen) atoms. The molecule has 2 aliphatic carbocycles. The smallest absolute Gasteiger partial charge is 0.339 e. The minimum absolute atomic E-state index is 0.00796. The summed E-state index contributed by atoms with van der Waals surface area (Å²) in [5.41, 5.74) is -2.31. The molecule has 2 saturated carbocycles. The summed E-state index contributed by atoms with van der Waals surface area (Å²) in [6.45, 7) is 12.6. The van der Waals surface area contributed by atoms with Gasteiger partial charge >= 0.3 is 11.9 Å². The first-order valence-electron chi connectivity index (χ1n) is 16.3. The molecule has 0 unspecified atom stereocenters. The Kier molecular flexibility index (Phi) is 6.27. The minimum atomic E-state index is -0.888. The van der Waals surface area contributed by atoms with Crippen molar-refractivity contribution in [1.29, 1.82) is 0 Å². The maximum absolute atomic E-state index is 13.8. The van der Waals surface area contributed by atoms with Crippen LogP contribution in [0.1, 0.15) is 71.5 Å². The second-order valence-corrected chi connectivity index (χ2v) is 15.2. The highest BCUT2D eigenvalue weighted by atomic mass is 16.7. The molecular weight excluding hydrogens is 568 g/mol. The lowest BCUT2D eigenvalue weighted by Gasteiger charge is -2.68. The number of fused-ring (bicyclic) bond motifs is 1. The zero-order valence-corrected chi connectivity index (χ0v) is 26.1. The monoisotopic (exact) mass is 612 g/mol. The predicted molar refractivity (Wildman–Crippen MR) is 153 cm³/mol. The van der Waals surface area contributed by atoms with Crippen molar-refractivity contribution in [2.24, 2.45) is 28.1 Å². The number of cyclic esters (lactones) is 2. The van der Waals surface area contributed by atoms with Crippen molar-refractivity contribution in [2.75, 3.05) is 39.5 Å². The van der Waals surface area contributed by atoms with Crippen LogP contribution in [-0.2, 0) is 38.1 Å². The number of carbonyl (C=O) groups is 3. The first-order chi connectivity index (χ1) is 21.0. The van der Waals surface area contributed by atoms with Gasteiger partial charge in [-0.2, -0.15) is 0 Å². The number of epoxide rings is 1. The minimum Gasteiger partial charge on any atom is -0.472 e. The van der Waals surface area contributed by atoms with E-state index in [9.17, 15) is 14.4 Å². The van der Waals surface area contributed by atoms with Gasteiger partial charge < -0.3 is 33.4 Å². The maximum atomic E-state index is 13.8. The van der Waals surface area contributed by atoms with Crippen molar-refractivity contribution in [3.63, 3.8) is 0 Å². The SMILES string of the molecule is CC1(C)O[C@H]2CC(=O)OC[C@]23[C@H]2CC[C@@]4(C)[C@H](c5ccoc5)OC(=O)[C@H]5O[C@]54[C@]2(C)[C@@H](NC(=O)CCN2CCOCC2)C[C@@H]13. The van der Waals surface area contributed by atoms with Crippen molar-refractivity contribution < 1.29 is 42.5 Å². The molecule has 1 aromatic rings. The largest absolute Gasteiger partial charge is 0.472 e. The van der Waals surface area contributed by atoms with Crippen molar-refractivity contribution in [1.82, 2.24) is 10.2 Å². The van der Waals surface area contributed by atoms with Crippen LogP contribution in [-0.4, -0.2) is 91.7 Å². The molecule has 1 aromatic heterocycles. The standard InChI is InChI=1S/C33H44N2O9/c1-29(2)21-15-22(34-24(36)6-9-35-10-13-39-14-11-35)31(4)20(32(21)18-41-25(37)16-23(32)43-29)5-8-30(3)26(19-7-12-40-17-19)42-28(38)27-33(30,31)44-27/h7,12,17,20-23,26-27H,5-6,8-11,13-16,18H2,1-4H3,(H,34,36)/t20-,21-,22-,23-,26-,27+,30-,31-,32+,33+/m0/s1. The van der Waals surface area contributed by atoms with E-state index in [1.54, 1.807) is 12.5 Å². The van der Waals surface area contributed by atoms with Crippen LogP contribution in [0.2, 0.25) is 0 Å². The molecule has 1 N–H and O–H groups in total. The molecule has 1 amide bonds. The Bertz CT molecular complexity index is 1360. The van der Waals surface area contributed by atoms with Crippen LogP contribution in [0.4, 0.5) is 0 Å². The first-order valence-corrected chi connectivity index (χ1v) is 16.3. The number of carbonyl (C=O) groups excluding carboxylic acids is 3. The van der Waals surface area contributed by atoms with Gasteiger partial charge in [0.15, 0.2) is 6.10 Å². The summed E-state index contributed by atoms with van der Waals surface area (Å²) in [5.74, 6) is -0.618. The predicted octanol–water partition coefficient (Wildman–Crippen LogP) is 2.78. The third kappa shape index (κ3) is 3.61. The number of amides is 1. The van der Waals surface area contributed by atoms with Crippen molar-refractivity contribution in [3.05, 3.63) is 24.2 Å². The summed E-state index contributed by atoms with van der Waals surface area (Å²) in [6.07, 6.45) is 4.42. The van der Waals surface area contributed by atoms with Crippen LogP contribution in [0.25, 0.3) is 0 Å². The molecule has 0 bridgehead atoms. The number of esters is 2. The van der Waals surface area contributed by atoms with E-state index in [-0.39, 0.29) is 54.9 Å². The highest BCUT2D eigenvalue weighted by molar-refractivity contribution is 5.83. The fourth-order valence-electron chi connectivity index (χ4n) is 11.2. The summed E-state index contributed by atoms with van der Waals surface area (Å²) < 4.78 is 36.4. The summed E-state index contributed by atoms with van der Waals surface area (Å²) in [7, 11) is 0. The van der Waals surface area contributed by atoms with Gasteiger partial charge in [-0.25, -0.2) is 4.79 Å². The Morgan fingerprint density at radius 1 is 1.07 bits per heavy atom. The highest BCUT2D eigenvalue weighted by Crippen LogP contribution is 2.80. The molecule has 0 aromatic carbocycles. The Morgan fingerprint density at radius 2 is 1.86 bits per heavy atom. The van der Waals surface area contributed by atoms with E-state index in [0.29, 0.717) is 32.6 Å². The van der Waals surface area contributed by atoms with Gasteiger partial charge in [0.25, 0.3) is 0 Å². The number of furan rings is 1. The molecule has 7 fully saturated rings. The average molecular weight is 613 g/mol. The molecule has 2 spiro atoms. The summed E-state index contributed by atoms with van der Waals surface area (Å²) in [5, 5.41) is 3.51. The molecule has 5 saturated heterocycles. The molecule has 6 heterocycles. The van der Waals surface area contributed by atoms with Crippen molar-refractivity contribution in [3.8, 4) is 0 Å². The molecule has 8 rings (SSSR count). The molecule has 11 heteroatoms. The lowest BCUT2D eigenvalue weighted by Crippen LogP contribution is -2.76. The van der Waals surface area contributed by atoms with Gasteiger partial charge in [0, 0.05) is 59.8 Å². The zero-order valence-electron chi connectivity index (χ0n) is 26.1. The van der Waals surface area contributed by atoms with Crippen LogP contribution in [0.5, 0.6) is 0 Å². The number of ether oxygens (including phenoxy) is 5. The normalized spacial score (nSPS) is 47.2. The Hall–Kier alpha value is -2.47. The van der Waals surface area contributed by atoms with Crippen LogP contribution < -0.4 is 5.32 Å². The maximum Gasteiger partial charge on any atom is 0.339 e. The van der Waals surface area contributed by atoms with Crippen LogP contribution in [0.15, 0.2) is 23.0 Å². The molecule has 11 nitrogen and oxygen atoms in total.